The van der Waals surface area contributed by atoms with Crippen LogP contribution < -0.4 is 114 Å². The van der Waals surface area contributed by atoms with Crippen molar-refractivity contribution in [2.75, 3.05) is 7.11 Å². The van der Waals surface area contributed by atoms with Crippen LogP contribution in [-0.2, 0) is 30.4 Å². The van der Waals surface area contributed by atoms with Crippen molar-refractivity contribution in [2.45, 2.75) is 108 Å². The maximum Gasteiger partial charge on any atom is 1.00 e. The third kappa shape index (κ3) is 19.2. The third-order valence-corrected chi connectivity index (χ3v) is 8.43. The molecule has 0 aliphatic heterocycles. The first-order valence-corrected chi connectivity index (χ1v) is 17.0. The SMILES string of the molecule is CCCCCCCC(=O)CCCCCC/C=C/[C@H](C(=O)N[C@@H](Cc1ccc(-c2cccc(OC)c2)cc1)C(=O)[O-])[C@@](O)(CC(=O)[O-])C(=O)[O-].[Na+].[Na+].[Na+]. The summed E-state index contributed by atoms with van der Waals surface area (Å²) in [5.74, 6) is -8.18. The molecule has 11 nitrogen and oxygen atoms in total. The second-order valence-electron chi connectivity index (χ2n) is 12.3. The Labute approximate surface area is 373 Å². The van der Waals surface area contributed by atoms with E-state index in [0.717, 1.165) is 62.1 Å². The minimum atomic E-state index is -3.22. The normalized spacial score (nSPS) is 12.9. The number of aliphatic hydroxyl groups is 1. The molecule has 2 aromatic carbocycles. The van der Waals surface area contributed by atoms with Crippen LogP contribution in [0.1, 0.15) is 96.0 Å². The molecule has 268 valence electrons. The van der Waals surface area contributed by atoms with Crippen LogP contribution in [0.2, 0.25) is 0 Å². The van der Waals surface area contributed by atoms with E-state index in [2.05, 4.69) is 12.2 Å². The average Bonchev–Trinajstić information content (AvgIpc) is 3.06. The van der Waals surface area contributed by atoms with Gasteiger partial charge in [0.1, 0.15) is 17.1 Å². The molecule has 52 heavy (non-hydrogen) atoms. The van der Waals surface area contributed by atoms with Crippen LogP contribution in [0.5, 0.6) is 5.75 Å². The standard InChI is InChI=1S/C38H51NO10.3Na/c1-3-4-5-8-11-16-30(40)17-12-9-6-7-10-13-19-32(38(48,37(46)47)26-34(41)42)35(43)39-33(36(44)45)24-27-20-22-28(23-21-27)29-15-14-18-31(25-29)49-2;;;/h13-15,18-23,25,32-33,48H,3-12,16-17,24,26H2,1-2H3,(H,39,43)(H,41,42)(H,44,45)(H,46,47);;;/q;3*+1/p-3/b19-13+;;;/t32-,33+,38+;;;/m1.../s1. The largest absolute Gasteiger partial charge is 1.00 e. The average molecular weight is 748 g/mol. The summed E-state index contributed by atoms with van der Waals surface area (Å²) < 4.78 is 5.25. The van der Waals surface area contributed by atoms with Gasteiger partial charge in [-0.25, -0.2) is 0 Å². The van der Waals surface area contributed by atoms with Crippen molar-refractivity contribution >= 4 is 29.6 Å². The molecule has 0 spiro atoms. The Morgan fingerprint density at radius 1 is 0.827 bits per heavy atom. The minimum Gasteiger partial charge on any atom is -0.550 e. The molecule has 0 saturated heterocycles. The Bertz CT molecular complexity index is 1420. The minimum absolute atomic E-state index is 0. The molecule has 2 N–H and O–H groups in total. The number of carbonyl (C=O) groups excluding carboxylic acids is 5. The number of carboxylic acids is 3. The Kier molecular flexibility index (Phi) is 29.2. The Morgan fingerprint density at radius 2 is 1.42 bits per heavy atom. The fourth-order valence-corrected chi connectivity index (χ4v) is 5.54. The molecule has 0 saturated carbocycles. The van der Waals surface area contributed by atoms with Gasteiger partial charge in [0.05, 0.1) is 31.0 Å². The summed E-state index contributed by atoms with van der Waals surface area (Å²) in [6, 6.07) is 12.5. The summed E-state index contributed by atoms with van der Waals surface area (Å²) in [6.45, 7) is 2.14. The molecular weight excluding hydrogens is 699 g/mol. The number of allylic oxidation sites excluding steroid dienone is 1. The fraction of sp³-hybridized carbons (Fsp3) is 0.500. The summed E-state index contributed by atoms with van der Waals surface area (Å²) in [7, 11) is 1.55. The molecule has 14 heteroatoms. The summed E-state index contributed by atoms with van der Waals surface area (Å²) in [5.41, 5.74) is -1.03. The predicted octanol–water partition coefficient (Wildman–Crippen LogP) is -6.79. The number of unbranched alkanes of at least 4 members (excludes halogenated alkanes) is 8. The van der Waals surface area contributed by atoms with E-state index in [4.69, 9.17) is 4.74 Å². The predicted molar refractivity (Wildman–Crippen MR) is 177 cm³/mol. The molecule has 2 aromatic rings. The number of hydrogen-bond donors (Lipinski definition) is 2. The smallest absolute Gasteiger partial charge is 0.550 e. The molecule has 0 aliphatic rings. The molecule has 0 aliphatic carbocycles. The van der Waals surface area contributed by atoms with Crippen LogP contribution in [0, 0.1) is 5.92 Å². The maximum absolute atomic E-state index is 13.3. The van der Waals surface area contributed by atoms with Gasteiger partial charge in [0, 0.05) is 25.2 Å². The number of hydrogen-bond acceptors (Lipinski definition) is 10. The van der Waals surface area contributed by atoms with Gasteiger partial charge in [0.25, 0.3) is 0 Å². The van der Waals surface area contributed by atoms with Crippen molar-refractivity contribution in [1.29, 1.82) is 0 Å². The zero-order valence-electron chi connectivity index (χ0n) is 31.4. The van der Waals surface area contributed by atoms with Crippen molar-refractivity contribution in [3.63, 3.8) is 0 Å². The maximum atomic E-state index is 13.3. The number of aliphatic carboxylic acids is 3. The first-order valence-electron chi connectivity index (χ1n) is 17.0. The van der Waals surface area contributed by atoms with Crippen molar-refractivity contribution < 1.29 is 138 Å². The van der Waals surface area contributed by atoms with E-state index >= 15 is 0 Å². The van der Waals surface area contributed by atoms with Crippen LogP contribution in [0.3, 0.4) is 0 Å². The van der Waals surface area contributed by atoms with Crippen LogP contribution in [0.4, 0.5) is 0 Å². The number of nitrogens with one attached hydrogen (secondary N) is 1. The second-order valence-corrected chi connectivity index (χ2v) is 12.3. The number of ether oxygens (including phenoxy) is 1. The van der Waals surface area contributed by atoms with Crippen LogP contribution in [0.15, 0.2) is 60.7 Å². The zero-order chi connectivity index (χ0) is 36.2. The van der Waals surface area contributed by atoms with Gasteiger partial charge in [0.2, 0.25) is 5.91 Å². The van der Waals surface area contributed by atoms with Crippen molar-refractivity contribution in [3.05, 3.63) is 66.2 Å². The molecular formula is C38H48NNa3O10. The van der Waals surface area contributed by atoms with E-state index in [0.29, 0.717) is 37.0 Å². The first kappa shape index (κ1) is 52.6. The van der Waals surface area contributed by atoms with Gasteiger partial charge in [-0.3, -0.25) is 9.59 Å². The Balaban J connectivity index is 0. The second kappa shape index (κ2) is 28.9. The molecule has 0 radical (unpaired) electrons. The zero-order valence-corrected chi connectivity index (χ0v) is 37.4. The number of carbonyl (C=O) groups is 5. The Morgan fingerprint density at radius 3 is 1.96 bits per heavy atom. The molecule has 0 heterocycles. The summed E-state index contributed by atoms with van der Waals surface area (Å²) >= 11 is 0. The fourth-order valence-electron chi connectivity index (χ4n) is 5.54. The number of methoxy groups -OCH3 is 1. The van der Waals surface area contributed by atoms with Crippen molar-refractivity contribution in [1.82, 2.24) is 5.32 Å². The molecule has 0 bridgehead atoms. The molecule has 0 fully saturated rings. The number of rotatable bonds is 25. The number of benzene rings is 2. The van der Waals surface area contributed by atoms with Gasteiger partial charge in [-0.05, 0) is 60.9 Å². The van der Waals surface area contributed by atoms with Gasteiger partial charge >= 0.3 is 88.7 Å². The van der Waals surface area contributed by atoms with Crippen molar-refractivity contribution in [2.24, 2.45) is 5.92 Å². The monoisotopic (exact) mass is 747 g/mol. The number of ketones is 1. The van der Waals surface area contributed by atoms with Crippen LogP contribution >= 0.6 is 0 Å². The van der Waals surface area contributed by atoms with E-state index in [9.17, 15) is 44.4 Å². The van der Waals surface area contributed by atoms with E-state index < -0.39 is 47.8 Å². The summed E-state index contributed by atoms with van der Waals surface area (Å²) in [6.07, 6.45) is 10.6. The topological polar surface area (TPSA) is 196 Å². The quantitative estimate of drug-likeness (QED) is 0.0560. The number of amides is 1. The van der Waals surface area contributed by atoms with Gasteiger partial charge in [-0.15, -0.1) is 0 Å². The molecule has 2 rings (SSSR count). The van der Waals surface area contributed by atoms with Gasteiger partial charge in [-0.2, -0.15) is 0 Å². The van der Waals surface area contributed by atoms with E-state index in [1.165, 1.54) is 12.5 Å². The number of Topliss-reactive ketones (excluding diaryl/α,β-unsaturated/α-hetero) is 1. The van der Waals surface area contributed by atoms with E-state index in [1.807, 2.05) is 18.2 Å². The van der Waals surface area contributed by atoms with E-state index in [-0.39, 0.29) is 101 Å². The van der Waals surface area contributed by atoms with Gasteiger partial charge in [-0.1, -0.05) is 94.0 Å². The van der Waals surface area contributed by atoms with Crippen LogP contribution in [0.25, 0.3) is 11.1 Å². The van der Waals surface area contributed by atoms with Crippen molar-refractivity contribution in [3.8, 4) is 16.9 Å². The molecule has 1 amide bonds. The Hall–Kier alpha value is -1.51. The summed E-state index contributed by atoms with van der Waals surface area (Å²) in [4.78, 5) is 60.7. The van der Waals surface area contributed by atoms with Gasteiger partial charge < -0.3 is 44.9 Å². The molecule has 3 atom stereocenters. The number of carboxylic acid groups (broad SMARTS) is 3. The third-order valence-electron chi connectivity index (χ3n) is 8.43. The van der Waals surface area contributed by atoms with E-state index in [1.54, 1.807) is 37.4 Å². The van der Waals surface area contributed by atoms with Crippen LogP contribution in [-0.4, -0.2) is 53.5 Å². The van der Waals surface area contributed by atoms with Gasteiger partial charge in [0.15, 0.2) is 0 Å². The molecule has 0 unspecified atom stereocenters. The molecule has 0 aromatic heterocycles. The first-order chi connectivity index (χ1) is 23.4. The summed E-state index contributed by atoms with van der Waals surface area (Å²) in [5, 5.41) is 48.4.